The third kappa shape index (κ3) is 2.54. The quantitative estimate of drug-likeness (QED) is 0.606. The fraction of sp³-hybridized carbons (Fsp3) is 0.417. The van der Waals surface area contributed by atoms with Gasteiger partial charge < -0.3 is 4.90 Å². The first-order chi connectivity index (χ1) is 8.65. The average molecular weight is 266 g/mol. The van der Waals surface area contributed by atoms with Gasteiger partial charge in [-0.1, -0.05) is 17.7 Å². The largest absolute Gasteiger partial charge is 0.362 e. The number of rotatable bonds is 5. The number of nitrogens with zero attached hydrogens (tertiary/aromatic N) is 3. The number of nitro benzene ring substituents is 1. The van der Waals surface area contributed by atoms with Crippen molar-refractivity contribution in [3.8, 4) is 6.07 Å². The van der Waals surface area contributed by atoms with E-state index in [0.717, 1.165) is 12.8 Å². The summed E-state index contributed by atoms with van der Waals surface area (Å²) < 4.78 is 0. The second-order valence-electron chi connectivity index (χ2n) is 4.20. The van der Waals surface area contributed by atoms with E-state index in [0.29, 0.717) is 24.7 Å². The Hall–Kier alpha value is -1.80. The van der Waals surface area contributed by atoms with E-state index in [1.165, 1.54) is 6.07 Å². The zero-order chi connectivity index (χ0) is 13.1. The van der Waals surface area contributed by atoms with Gasteiger partial charge in [-0.15, -0.1) is 0 Å². The minimum absolute atomic E-state index is 0.0657. The van der Waals surface area contributed by atoms with E-state index < -0.39 is 4.92 Å². The lowest BCUT2D eigenvalue weighted by Gasteiger charge is -2.23. The van der Waals surface area contributed by atoms with Gasteiger partial charge >= 0.3 is 5.69 Å². The predicted molar refractivity (Wildman–Crippen MR) is 68.7 cm³/mol. The van der Waals surface area contributed by atoms with Crippen molar-refractivity contribution in [2.75, 3.05) is 11.4 Å². The molecule has 94 valence electrons. The summed E-state index contributed by atoms with van der Waals surface area (Å²) in [6.07, 6.45) is 2.37. The highest BCUT2D eigenvalue weighted by molar-refractivity contribution is 6.33. The third-order valence-electron chi connectivity index (χ3n) is 2.91. The van der Waals surface area contributed by atoms with Crippen molar-refractivity contribution >= 4 is 23.0 Å². The Morgan fingerprint density at radius 1 is 1.56 bits per heavy atom. The summed E-state index contributed by atoms with van der Waals surface area (Å²) in [5, 5.41) is 19.9. The first-order valence-electron chi connectivity index (χ1n) is 5.71. The maximum absolute atomic E-state index is 11.1. The number of nitro groups is 1. The monoisotopic (exact) mass is 265 g/mol. The van der Waals surface area contributed by atoms with Crippen LogP contribution in [0.5, 0.6) is 0 Å². The van der Waals surface area contributed by atoms with Gasteiger partial charge in [0.15, 0.2) is 0 Å². The van der Waals surface area contributed by atoms with E-state index in [1.807, 2.05) is 4.90 Å². The van der Waals surface area contributed by atoms with Crippen molar-refractivity contribution in [1.29, 1.82) is 5.26 Å². The summed E-state index contributed by atoms with van der Waals surface area (Å²) in [5.74, 6) is 0. The molecule has 1 aliphatic rings. The Morgan fingerprint density at radius 2 is 2.28 bits per heavy atom. The first kappa shape index (κ1) is 12.7. The van der Waals surface area contributed by atoms with E-state index in [1.54, 1.807) is 12.1 Å². The Morgan fingerprint density at radius 3 is 2.83 bits per heavy atom. The second-order valence-corrected chi connectivity index (χ2v) is 4.60. The van der Waals surface area contributed by atoms with Crippen LogP contribution >= 0.6 is 11.6 Å². The number of nitriles is 1. The average Bonchev–Trinajstić information content (AvgIpc) is 3.13. The first-order valence-corrected chi connectivity index (χ1v) is 6.09. The highest BCUT2D eigenvalue weighted by Crippen LogP contribution is 2.40. The number of anilines is 1. The van der Waals surface area contributed by atoms with Gasteiger partial charge in [-0.3, -0.25) is 10.1 Å². The molecule has 0 amide bonds. The maximum atomic E-state index is 11.1. The van der Waals surface area contributed by atoms with Crippen molar-refractivity contribution in [3.63, 3.8) is 0 Å². The van der Waals surface area contributed by atoms with Gasteiger partial charge in [-0.05, 0) is 25.0 Å². The lowest BCUT2D eigenvalue weighted by molar-refractivity contribution is -0.384. The third-order valence-corrected chi connectivity index (χ3v) is 3.21. The van der Waals surface area contributed by atoms with Crippen LogP contribution in [0.3, 0.4) is 0 Å². The molecule has 0 heterocycles. The molecule has 5 nitrogen and oxygen atoms in total. The standard InChI is InChI=1S/C12H12ClN3O2/c13-10-3-1-4-11(12(10)16(17)18)15(8-2-7-14)9-5-6-9/h1,3-4,9H,2,5-6,8H2. The lowest BCUT2D eigenvalue weighted by atomic mass is 10.2. The van der Waals surface area contributed by atoms with Crippen LogP contribution in [0.4, 0.5) is 11.4 Å². The molecule has 18 heavy (non-hydrogen) atoms. The molecule has 0 radical (unpaired) electrons. The summed E-state index contributed by atoms with van der Waals surface area (Å²) in [6.45, 7) is 0.502. The topological polar surface area (TPSA) is 70.2 Å². The zero-order valence-corrected chi connectivity index (χ0v) is 10.4. The Labute approximate surface area is 110 Å². The summed E-state index contributed by atoms with van der Waals surface area (Å²) in [4.78, 5) is 12.6. The summed E-state index contributed by atoms with van der Waals surface area (Å²) in [6, 6.07) is 7.28. The molecule has 0 aromatic heterocycles. The van der Waals surface area contributed by atoms with Gasteiger partial charge in [0.25, 0.3) is 0 Å². The molecule has 0 aliphatic heterocycles. The van der Waals surface area contributed by atoms with Gasteiger partial charge in [0, 0.05) is 12.6 Å². The molecule has 1 fully saturated rings. The van der Waals surface area contributed by atoms with Crippen molar-refractivity contribution in [2.24, 2.45) is 0 Å². The highest BCUT2D eigenvalue weighted by Gasteiger charge is 2.33. The van der Waals surface area contributed by atoms with Crippen molar-refractivity contribution in [3.05, 3.63) is 33.3 Å². The summed E-state index contributed by atoms with van der Waals surface area (Å²) >= 11 is 5.89. The van der Waals surface area contributed by atoms with Crippen molar-refractivity contribution in [2.45, 2.75) is 25.3 Å². The minimum Gasteiger partial charge on any atom is -0.362 e. The molecule has 0 saturated heterocycles. The molecule has 0 atom stereocenters. The van der Waals surface area contributed by atoms with Gasteiger partial charge in [0.2, 0.25) is 0 Å². The van der Waals surface area contributed by atoms with E-state index in [9.17, 15) is 10.1 Å². The van der Waals surface area contributed by atoms with E-state index in [-0.39, 0.29) is 10.7 Å². The van der Waals surface area contributed by atoms with Crippen LogP contribution in [0.25, 0.3) is 0 Å². The second kappa shape index (κ2) is 5.23. The number of para-hydroxylation sites is 1. The van der Waals surface area contributed by atoms with E-state index in [2.05, 4.69) is 6.07 Å². The molecular formula is C12H12ClN3O2. The van der Waals surface area contributed by atoms with Crippen LogP contribution in [0.1, 0.15) is 19.3 Å². The fourth-order valence-electron chi connectivity index (χ4n) is 1.97. The lowest BCUT2D eigenvalue weighted by Crippen LogP contribution is -2.27. The van der Waals surface area contributed by atoms with E-state index in [4.69, 9.17) is 16.9 Å². The van der Waals surface area contributed by atoms with Crippen LogP contribution in [-0.4, -0.2) is 17.5 Å². The molecular weight excluding hydrogens is 254 g/mol. The van der Waals surface area contributed by atoms with Gasteiger partial charge in [-0.2, -0.15) is 5.26 Å². The number of hydrogen-bond donors (Lipinski definition) is 0. The number of halogens is 1. The molecule has 0 N–H and O–H groups in total. The number of hydrogen-bond acceptors (Lipinski definition) is 4. The van der Waals surface area contributed by atoms with Crippen LogP contribution in [0, 0.1) is 21.4 Å². The molecule has 1 aliphatic carbocycles. The summed E-state index contributed by atoms with van der Waals surface area (Å²) in [7, 11) is 0. The minimum atomic E-state index is -0.459. The molecule has 1 saturated carbocycles. The smallest absolute Gasteiger partial charge is 0.310 e. The maximum Gasteiger partial charge on any atom is 0.310 e. The Bertz CT molecular complexity index is 509. The molecule has 1 aromatic rings. The van der Waals surface area contributed by atoms with Crippen LogP contribution in [0.2, 0.25) is 5.02 Å². The molecule has 2 rings (SSSR count). The van der Waals surface area contributed by atoms with Gasteiger partial charge in [0.1, 0.15) is 10.7 Å². The Balaban J connectivity index is 2.38. The van der Waals surface area contributed by atoms with Crippen LogP contribution < -0.4 is 4.90 Å². The number of benzene rings is 1. The molecule has 6 heteroatoms. The normalized spacial score (nSPS) is 14.0. The van der Waals surface area contributed by atoms with Gasteiger partial charge in [0.05, 0.1) is 17.4 Å². The van der Waals surface area contributed by atoms with Crippen LogP contribution in [-0.2, 0) is 0 Å². The predicted octanol–water partition coefficient (Wildman–Crippen LogP) is 3.13. The summed E-state index contributed by atoms with van der Waals surface area (Å²) in [5.41, 5.74) is 0.453. The molecule has 1 aromatic carbocycles. The molecule has 0 bridgehead atoms. The van der Waals surface area contributed by atoms with Crippen LogP contribution in [0.15, 0.2) is 18.2 Å². The fourth-order valence-corrected chi connectivity index (χ4v) is 2.21. The molecule has 0 spiro atoms. The highest BCUT2D eigenvalue weighted by atomic mass is 35.5. The zero-order valence-electron chi connectivity index (χ0n) is 9.67. The van der Waals surface area contributed by atoms with E-state index >= 15 is 0 Å². The van der Waals surface area contributed by atoms with Crippen molar-refractivity contribution in [1.82, 2.24) is 0 Å². The Kier molecular flexibility index (Phi) is 3.68. The van der Waals surface area contributed by atoms with Crippen molar-refractivity contribution < 1.29 is 4.92 Å². The molecule has 0 unspecified atom stereocenters. The van der Waals surface area contributed by atoms with Gasteiger partial charge in [-0.25, -0.2) is 0 Å². The SMILES string of the molecule is N#CCCN(c1cccc(Cl)c1[N+](=O)[O-])C1CC1.